The van der Waals surface area contributed by atoms with Crippen molar-refractivity contribution in [2.24, 2.45) is 0 Å². The van der Waals surface area contributed by atoms with Gasteiger partial charge in [0.15, 0.2) is 0 Å². The topological polar surface area (TPSA) is 81.7 Å². The molecule has 6 heteroatoms. The van der Waals surface area contributed by atoms with E-state index in [1.807, 2.05) is 0 Å². The summed E-state index contributed by atoms with van der Waals surface area (Å²) in [6.45, 7) is 10.3. The maximum Gasteiger partial charge on any atom is 0.329 e. The maximum atomic E-state index is 12.4. The van der Waals surface area contributed by atoms with Crippen LogP contribution in [0.2, 0.25) is 0 Å². The maximum absolute atomic E-state index is 12.4. The summed E-state index contributed by atoms with van der Waals surface area (Å²) < 4.78 is 10.5. The van der Waals surface area contributed by atoms with Crippen molar-refractivity contribution in [2.75, 3.05) is 0 Å². The van der Waals surface area contributed by atoms with Crippen molar-refractivity contribution in [3.63, 3.8) is 0 Å². The number of hydrogen-bond acceptors (Lipinski definition) is 5. The lowest BCUT2D eigenvalue weighted by atomic mass is 10.1. The number of carbonyl (C=O) groups is 3. The van der Waals surface area contributed by atoms with Gasteiger partial charge in [-0.1, -0.05) is 18.2 Å². The average Bonchev–Trinajstić information content (AvgIpc) is 2.43. The number of rotatable bonds is 5. The van der Waals surface area contributed by atoms with Gasteiger partial charge < -0.3 is 14.8 Å². The highest BCUT2D eigenvalue weighted by atomic mass is 16.6. The van der Waals surface area contributed by atoms with Crippen LogP contribution in [0.5, 0.6) is 0 Å². The minimum Gasteiger partial charge on any atom is -0.460 e. The molecule has 0 fully saturated rings. The molecule has 0 heterocycles. The van der Waals surface area contributed by atoms with Crippen LogP contribution in [-0.2, 0) is 19.1 Å². The Morgan fingerprint density at radius 1 is 0.920 bits per heavy atom. The first-order valence-corrected chi connectivity index (χ1v) is 8.18. The molecule has 1 rings (SSSR count). The summed E-state index contributed by atoms with van der Waals surface area (Å²) in [6.07, 6.45) is -0.301. The molecule has 1 unspecified atom stereocenters. The summed E-state index contributed by atoms with van der Waals surface area (Å²) in [5.74, 6) is -1.72. The number of esters is 2. The fraction of sp³-hybridized carbons (Fsp3) is 0.526. The molecule has 0 saturated carbocycles. The standard InChI is InChI=1S/C19H27NO5/c1-18(2,3)24-15(21)12-14(17(23)25-19(4,5)6)20-16(22)13-10-8-7-9-11-13/h7-11,14H,12H2,1-6H3,(H,20,22). The van der Waals surface area contributed by atoms with Crippen LogP contribution < -0.4 is 5.32 Å². The van der Waals surface area contributed by atoms with Crippen LogP contribution in [0.25, 0.3) is 0 Å². The van der Waals surface area contributed by atoms with E-state index in [4.69, 9.17) is 9.47 Å². The van der Waals surface area contributed by atoms with E-state index >= 15 is 0 Å². The highest BCUT2D eigenvalue weighted by Gasteiger charge is 2.31. The molecule has 0 bridgehead atoms. The highest BCUT2D eigenvalue weighted by molar-refractivity contribution is 5.97. The lowest BCUT2D eigenvalue weighted by molar-refractivity contribution is -0.164. The van der Waals surface area contributed by atoms with E-state index in [0.29, 0.717) is 5.56 Å². The van der Waals surface area contributed by atoms with Crippen molar-refractivity contribution in [1.29, 1.82) is 0 Å². The number of benzene rings is 1. The number of ether oxygens (including phenoxy) is 2. The van der Waals surface area contributed by atoms with E-state index in [9.17, 15) is 14.4 Å². The molecule has 1 atom stereocenters. The van der Waals surface area contributed by atoms with E-state index in [-0.39, 0.29) is 6.42 Å². The average molecular weight is 349 g/mol. The molecule has 1 amide bonds. The molecule has 0 radical (unpaired) electrons. The smallest absolute Gasteiger partial charge is 0.329 e. The monoisotopic (exact) mass is 349 g/mol. The molecule has 6 nitrogen and oxygen atoms in total. The predicted octanol–water partition coefficient (Wildman–Crippen LogP) is 2.86. The summed E-state index contributed by atoms with van der Waals surface area (Å²) in [7, 11) is 0. The van der Waals surface area contributed by atoms with Crippen molar-refractivity contribution >= 4 is 17.8 Å². The van der Waals surface area contributed by atoms with Crippen LogP contribution in [0.4, 0.5) is 0 Å². The molecule has 0 aliphatic carbocycles. The summed E-state index contributed by atoms with van der Waals surface area (Å²) >= 11 is 0. The molecule has 1 aromatic rings. The van der Waals surface area contributed by atoms with Crippen molar-refractivity contribution in [3.05, 3.63) is 35.9 Å². The first kappa shape index (κ1) is 20.7. The van der Waals surface area contributed by atoms with E-state index in [1.165, 1.54) is 0 Å². The second-order valence-electron chi connectivity index (χ2n) is 7.72. The Bertz CT molecular complexity index is 611. The number of nitrogens with one attached hydrogen (secondary N) is 1. The fourth-order valence-corrected chi connectivity index (χ4v) is 1.95. The van der Waals surface area contributed by atoms with E-state index in [1.54, 1.807) is 71.9 Å². The van der Waals surface area contributed by atoms with Crippen LogP contribution >= 0.6 is 0 Å². The molecule has 1 N–H and O–H groups in total. The van der Waals surface area contributed by atoms with Crippen LogP contribution in [0.3, 0.4) is 0 Å². The van der Waals surface area contributed by atoms with Crippen LogP contribution in [-0.4, -0.2) is 35.1 Å². The van der Waals surface area contributed by atoms with Gasteiger partial charge in [0, 0.05) is 5.56 Å². The Kier molecular flexibility index (Phi) is 6.73. The van der Waals surface area contributed by atoms with Crippen LogP contribution in [0.15, 0.2) is 30.3 Å². The quantitative estimate of drug-likeness (QED) is 0.827. The minimum absolute atomic E-state index is 0.301. The first-order valence-electron chi connectivity index (χ1n) is 8.18. The van der Waals surface area contributed by atoms with Gasteiger partial charge in [0.25, 0.3) is 5.91 Å². The molecule has 0 spiro atoms. The predicted molar refractivity (Wildman–Crippen MR) is 94.0 cm³/mol. The Labute approximate surface area is 148 Å². The molecule has 0 aliphatic heterocycles. The second kappa shape index (κ2) is 8.14. The van der Waals surface area contributed by atoms with Gasteiger partial charge in [0.05, 0.1) is 6.42 Å². The van der Waals surface area contributed by atoms with Crippen molar-refractivity contribution in [1.82, 2.24) is 5.32 Å². The number of amides is 1. The molecular weight excluding hydrogens is 322 g/mol. The minimum atomic E-state index is -1.12. The number of carbonyl (C=O) groups excluding carboxylic acids is 3. The fourth-order valence-electron chi connectivity index (χ4n) is 1.95. The van der Waals surface area contributed by atoms with Gasteiger partial charge in [0.1, 0.15) is 17.2 Å². The number of hydrogen-bond donors (Lipinski definition) is 1. The Hall–Kier alpha value is -2.37. The van der Waals surface area contributed by atoms with Crippen molar-refractivity contribution < 1.29 is 23.9 Å². The lowest BCUT2D eigenvalue weighted by Gasteiger charge is -2.25. The Morgan fingerprint density at radius 3 is 1.92 bits per heavy atom. The summed E-state index contributed by atoms with van der Waals surface area (Å²) in [5, 5.41) is 2.56. The molecule has 138 valence electrons. The van der Waals surface area contributed by atoms with Gasteiger partial charge in [-0.3, -0.25) is 9.59 Å². The van der Waals surface area contributed by atoms with Crippen LogP contribution in [0.1, 0.15) is 58.3 Å². The molecule has 1 aromatic carbocycles. The van der Waals surface area contributed by atoms with Gasteiger partial charge in [-0.25, -0.2) is 4.79 Å². The van der Waals surface area contributed by atoms with E-state index < -0.39 is 35.1 Å². The van der Waals surface area contributed by atoms with E-state index in [2.05, 4.69) is 5.32 Å². The molecule has 0 aliphatic rings. The zero-order valence-electron chi connectivity index (χ0n) is 15.7. The molecular formula is C19H27NO5. The third-order valence-corrected chi connectivity index (χ3v) is 2.82. The van der Waals surface area contributed by atoms with Crippen molar-refractivity contribution in [2.45, 2.75) is 65.2 Å². The van der Waals surface area contributed by atoms with Gasteiger partial charge in [-0.15, -0.1) is 0 Å². The normalized spacial score (nSPS) is 12.9. The van der Waals surface area contributed by atoms with Crippen LogP contribution in [0, 0.1) is 0 Å². The van der Waals surface area contributed by atoms with Gasteiger partial charge >= 0.3 is 11.9 Å². The lowest BCUT2D eigenvalue weighted by Crippen LogP contribution is -2.46. The Morgan fingerprint density at radius 2 is 1.44 bits per heavy atom. The van der Waals surface area contributed by atoms with Gasteiger partial charge in [-0.05, 0) is 53.7 Å². The molecule has 25 heavy (non-hydrogen) atoms. The van der Waals surface area contributed by atoms with Crippen molar-refractivity contribution in [3.8, 4) is 0 Å². The van der Waals surface area contributed by atoms with Gasteiger partial charge in [0.2, 0.25) is 0 Å². The molecule has 0 saturated heterocycles. The third-order valence-electron chi connectivity index (χ3n) is 2.82. The SMILES string of the molecule is CC(C)(C)OC(=O)CC(NC(=O)c1ccccc1)C(=O)OC(C)(C)C. The second-order valence-corrected chi connectivity index (χ2v) is 7.72. The third kappa shape index (κ3) is 8.33. The highest BCUT2D eigenvalue weighted by Crippen LogP contribution is 2.13. The first-order chi connectivity index (χ1) is 11.4. The summed E-state index contributed by atoms with van der Waals surface area (Å²) in [4.78, 5) is 36.8. The largest absolute Gasteiger partial charge is 0.460 e. The molecule has 0 aromatic heterocycles. The Balaban J connectivity index is 2.89. The zero-order chi connectivity index (χ0) is 19.3. The summed E-state index contributed by atoms with van der Waals surface area (Å²) in [5.41, 5.74) is -1.03. The van der Waals surface area contributed by atoms with E-state index in [0.717, 1.165) is 0 Å². The van der Waals surface area contributed by atoms with Gasteiger partial charge in [-0.2, -0.15) is 0 Å². The summed E-state index contributed by atoms with van der Waals surface area (Å²) in [6, 6.07) is 7.32. The zero-order valence-corrected chi connectivity index (χ0v) is 15.7.